The van der Waals surface area contributed by atoms with Gasteiger partial charge >= 0.3 is 0 Å². The lowest BCUT2D eigenvalue weighted by Gasteiger charge is -2.10. The van der Waals surface area contributed by atoms with Crippen molar-refractivity contribution in [3.05, 3.63) is 51.2 Å². The van der Waals surface area contributed by atoms with Crippen LogP contribution in [0.3, 0.4) is 0 Å². The number of hydrogen-bond acceptors (Lipinski definition) is 3. The van der Waals surface area contributed by atoms with Crippen molar-refractivity contribution >= 4 is 28.6 Å². The number of benzene rings is 1. The Morgan fingerprint density at radius 3 is 2.60 bits per heavy atom. The zero-order valence-electron chi connectivity index (χ0n) is 7.98. The maximum Gasteiger partial charge on any atom is 0.0931 e. The second kappa shape index (κ2) is 4.23. The van der Waals surface area contributed by atoms with Gasteiger partial charge in [-0.3, -0.25) is 0 Å². The summed E-state index contributed by atoms with van der Waals surface area (Å²) in [7, 11) is 0. The van der Waals surface area contributed by atoms with Crippen LogP contribution in [-0.4, -0.2) is 0 Å². The van der Waals surface area contributed by atoms with E-state index in [9.17, 15) is 0 Å². The summed E-state index contributed by atoms with van der Waals surface area (Å²) in [5.41, 5.74) is 13.5. The SMILES string of the molecule is Nc1cccc(C(N)c2ccc(Cl)s2)c1. The van der Waals surface area contributed by atoms with Gasteiger partial charge in [-0.2, -0.15) is 0 Å². The van der Waals surface area contributed by atoms with Crippen LogP contribution in [0.4, 0.5) is 5.69 Å². The van der Waals surface area contributed by atoms with Gasteiger partial charge in [0.15, 0.2) is 0 Å². The van der Waals surface area contributed by atoms with Crippen molar-refractivity contribution < 1.29 is 0 Å². The van der Waals surface area contributed by atoms with Crippen LogP contribution < -0.4 is 11.5 Å². The molecule has 0 aliphatic heterocycles. The Morgan fingerprint density at radius 1 is 1.20 bits per heavy atom. The molecule has 1 aromatic carbocycles. The van der Waals surface area contributed by atoms with Gasteiger partial charge in [0.2, 0.25) is 0 Å². The summed E-state index contributed by atoms with van der Waals surface area (Å²) in [6.45, 7) is 0. The Morgan fingerprint density at radius 2 is 2.00 bits per heavy atom. The minimum atomic E-state index is -0.147. The van der Waals surface area contributed by atoms with E-state index < -0.39 is 0 Å². The van der Waals surface area contributed by atoms with E-state index in [2.05, 4.69) is 0 Å². The minimum Gasteiger partial charge on any atom is -0.399 e. The molecular weight excluding hydrogens is 228 g/mol. The van der Waals surface area contributed by atoms with Crippen LogP contribution in [0.5, 0.6) is 0 Å². The first-order chi connectivity index (χ1) is 7.16. The van der Waals surface area contributed by atoms with Crippen molar-refractivity contribution in [1.29, 1.82) is 0 Å². The Bertz CT molecular complexity index is 467. The van der Waals surface area contributed by atoms with Crippen LogP contribution in [-0.2, 0) is 0 Å². The fraction of sp³-hybridized carbons (Fsp3) is 0.0909. The topological polar surface area (TPSA) is 52.0 Å². The average Bonchev–Trinajstić information content (AvgIpc) is 2.64. The monoisotopic (exact) mass is 238 g/mol. The molecule has 1 unspecified atom stereocenters. The maximum atomic E-state index is 6.09. The number of hydrogen-bond donors (Lipinski definition) is 2. The standard InChI is InChI=1S/C11H11ClN2S/c12-10-5-4-9(15-10)11(14)7-2-1-3-8(13)6-7/h1-6,11H,13-14H2. The van der Waals surface area contributed by atoms with Gasteiger partial charge in [-0.25, -0.2) is 0 Å². The normalized spacial score (nSPS) is 12.7. The molecule has 0 amide bonds. The quantitative estimate of drug-likeness (QED) is 0.791. The van der Waals surface area contributed by atoms with Crippen LogP contribution in [0, 0.1) is 0 Å². The van der Waals surface area contributed by atoms with Crippen LogP contribution in [0.25, 0.3) is 0 Å². The minimum absolute atomic E-state index is 0.147. The highest BCUT2D eigenvalue weighted by atomic mass is 35.5. The van der Waals surface area contributed by atoms with E-state index in [4.69, 9.17) is 23.1 Å². The number of anilines is 1. The van der Waals surface area contributed by atoms with Crippen molar-refractivity contribution in [2.24, 2.45) is 5.73 Å². The highest BCUT2D eigenvalue weighted by molar-refractivity contribution is 7.16. The van der Waals surface area contributed by atoms with Crippen LogP contribution in [0.2, 0.25) is 4.34 Å². The van der Waals surface area contributed by atoms with Crippen LogP contribution >= 0.6 is 22.9 Å². The van der Waals surface area contributed by atoms with Gasteiger partial charge in [0.1, 0.15) is 0 Å². The zero-order chi connectivity index (χ0) is 10.8. The van der Waals surface area contributed by atoms with Gasteiger partial charge in [-0.1, -0.05) is 23.7 Å². The summed E-state index contributed by atoms with van der Waals surface area (Å²) in [6, 6.07) is 11.3. The second-order valence-electron chi connectivity index (χ2n) is 3.29. The number of thiophene rings is 1. The first kappa shape index (κ1) is 10.5. The third-order valence-electron chi connectivity index (χ3n) is 2.17. The molecule has 1 aromatic heterocycles. The lowest BCUT2D eigenvalue weighted by molar-refractivity contribution is 0.894. The Hall–Kier alpha value is -1.03. The molecule has 0 spiro atoms. The molecule has 2 rings (SSSR count). The lowest BCUT2D eigenvalue weighted by Crippen LogP contribution is -2.10. The molecule has 78 valence electrons. The van der Waals surface area contributed by atoms with E-state index in [1.165, 1.54) is 11.3 Å². The molecule has 0 bridgehead atoms. The molecule has 0 saturated carbocycles. The highest BCUT2D eigenvalue weighted by Crippen LogP contribution is 2.29. The molecular formula is C11H11ClN2S. The zero-order valence-corrected chi connectivity index (χ0v) is 9.55. The van der Waals surface area contributed by atoms with Gasteiger partial charge in [0.05, 0.1) is 10.4 Å². The summed E-state index contributed by atoms with van der Waals surface area (Å²) in [5.74, 6) is 0. The van der Waals surface area contributed by atoms with Crippen molar-refractivity contribution in [3.63, 3.8) is 0 Å². The molecule has 2 nitrogen and oxygen atoms in total. The van der Waals surface area contributed by atoms with Crippen LogP contribution in [0.1, 0.15) is 16.5 Å². The lowest BCUT2D eigenvalue weighted by atomic mass is 10.1. The molecule has 4 N–H and O–H groups in total. The van der Waals surface area contributed by atoms with Crippen molar-refractivity contribution in [1.82, 2.24) is 0 Å². The first-order valence-electron chi connectivity index (χ1n) is 4.53. The van der Waals surface area contributed by atoms with E-state index in [1.807, 2.05) is 36.4 Å². The molecule has 4 heteroatoms. The predicted octanol–water partition coefficient (Wildman–Crippen LogP) is 3.03. The summed E-state index contributed by atoms with van der Waals surface area (Å²) in [5, 5.41) is 0. The van der Waals surface area contributed by atoms with Crippen molar-refractivity contribution in [2.45, 2.75) is 6.04 Å². The van der Waals surface area contributed by atoms with E-state index in [0.717, 1.165) is 20.5 Å². The first-order valence-corrected chi connectivity index (χ1v) is 5.72. The summed E-state index contributed by atoms with van der Waals surface area (Å²) >= 11 is 7.36. The Labute approximate surface area is 97.5 Å². The molecule has 15 heavy (non-hydrogen) atoms. The van der Waals surface area contributed by atoms with E-state index in [-0.39, 0.29) is 6.04 Å². The fourth-order valence-electron chi connectivity index (χ4n) is 1.41. The summed E-state index contributed by atoms with van der Waals surface area (Å²) < 4.78 is 0.754. The van der Waals surface area contributed by atoms with Crippen molar-refractivity contribution in [3.8, 4) is 0 Å². The number of nitrogen functional groups attached to an aromatic ring is 1. The van der Waals surface area contributed by atoms with E-state index in [1.54, 1.807) is 0 Å². The fourth-order valence-corrected chi connectivity index (χ4v) is 2.50. The van der Waals surface area contributed by atoms with E-state index >= 15 is 0 Å². The molecule has 1 atom stereocenters. The van der Waals surface area contributed by atoms with E-state index in [0.29, 0.717) is 0 Å². The Balaban J connectivity index is 2.32. The number of halogens is 1. The summed E-state index contributed by atoms with van der Waals surface area (Å²) in [6.07, 6.45) is 0. The Kier molecular flexibility index (Phi) is 2.95. The largest absolute Gasteiger partial charge is 0.399 e. The smallest absolute Gasteiger partial charge is 0.0931 e. The van der Waals surface area contributed by atoms with Gasteiger partial charge in [-0.15, -0.1) is 11.3 Å². The second-order valence-corrected chi connectivity index (χ2v) is 5.04. The van der Waals surface area contributed by atoms with Crippen molar-refractivity contribution in [2.75, 3.05) is 5.73 Å². The highest BCUT2D eigenvalue weighted by Gasteiger charge is 2.11. The maximum absolute atomic E-state index is 6.09. The molecule has 0 saturated heterocycles. The summed E-state index contributed by atoms with van der Waals surface area (Å²) in [4.78, 5) is 1.05. The molecule has 0 aliphatic rings. The molecule has 1 heterocycles. The molecule has 0 fully saturated rings. The van der Waals surface area contributed by atoms with Gasteiger partial charge < -0.3 is 11.5 Å². The molecule has 0 radical (unpaired) electrons. The third kappa shape index (κ3) is 2.31. The van der Waals surface area contributed by atoms with Gasteiger partial charge in [0, 0.05) is 10.6 Å². The number of nitrogens with two attached hydrogens (primary N) is 2. The van der Waals surface area contributed by atoms with Gasteiger partial charge in [-0.05, 0) is 29.8 Å². The third-order valence-corrected chi connectivity index (χ3v) is 3.48. The molecule has 0 aliphatic carbocycles. The average molecular weight is 239 g/mol. The molecule has 2 aromatic rings. The predicted molar refractivity (Wildman–Crippen MR) is 66.2 cm³/mol. The van der Waals surface area contributed by atoms with Gasteiger partial charge in [0.25, 0.3) is 0 Å². The van der Waals surface area contributed by atoms with Crippen LogP contribution in [0.15, 0.2) is 36.4 Å². The number of rotatable bonds is 2.